The van der Waals surface area contributed by atoms with Gasteiger partial charge in [-0.2, -0.15) is 4.39 Å². The molecule has 2 atom stereocenters. The second-order valence-corrected chi connectivity index (χ2v) is 8.85. The molecule has 1 aliphatic carbocycles. The Morgan fingerprint density at radius 2 is 2.00 bits per heavy atom. The number of nitrogens with zero attached hydrogens (tertiary/aromatic N) is 3. The van der Waals surface area contributed by atoms with Crippen LogP contribution >= 0.6 is 0 Å². The molecule has 0 spiro atoms. The van der Waals surface area contributed by atoms with Gasteiger partial charge in [0.1, 0.15) is 24.0 Å². The Balaban J connectivity index is 1.42. The smallest absolute Gasteiger partial charge is 0.254 e. The normalized spacial score (nSPS) is 20.2. The number of piperidine rings is 1. The maximum atomic E-state index is 14.6. The summed E-state index contributed by atoms with van der Waals surface area (Å²) in [5.74, 6) is -1.77. The third kappa shape index (κ3) is 4.63. The second-order valence-electron chi connectivity index (χ2n) is 8.85. The number of alkyl halides is 1. The van der Waals surface area contributed by atoms with E-state index in [1.807, 2.05) is 0 Å². The van der Waals surface area contributed by atoms with E-state index in [4.69, 9.17) is 0 Å². The van der Waals surface area contributed by atoms with Gasteiger partial charge < -0.3 is 20.5 Å². The van der Waals surface area contributed by atoms with Crippen molar-refractivity contribution >= 4 is 11.6 Å². The molecule has 0 radical (unpaired) electrons. The number of carbonyl (C=O) groups is 1. The molecule has 5 rings (SSSR count). The Hall–Kier alpha value is -3.40. The topological polar surface area (TPSA) is 83.9 Å². The van der Waals surface area contributed by atoms with Crippen LogP contribution in [0.15, 0.2) is 36.9 Å². The molecule has 10 heteroatoms. The van der Waals surface area contributed by atoms with E-state index in [0.29, 0.717) is 35.5 Å². The molecule has 1 saturated carbocycles. The van der Waals surface area contributed by atoms with Crippen molar-refractivity contribution in [3.63, 3.8) is 0 Å². The fraction of sp³-hybridized carbons (Fsp3) is 0.375. The summed E-state index contributed by atoms with van der Waals surface area (Å²) >= 11 is 0. The molecule has 1 amide bonds. The first-order valence-electron chi connectivity index (χ1n) is 11.3. The van der Waals surface area contributed by atoms with Gasteiger partial charge in [-0.15, -0.1) is 0 Å². The van der Waals surface area contributed by atoms with Crippen LogP contribution in [0.2, 0.25) is 0 Å². The zero-order valence-corrected chi connectivity index (χ0v) is 18.6. The van der Waals surface area contributed by atoms with E-state index in [9.17, 15) is 18.0 Å². The SMILES string of the molecule is Cc1cc(F)c(C(=O)NC2CC2)cc1-c1cn(-c2cc(N[C@H]3CCNC[C@H]3F)cnc2F)cn1. The molecule has 2 aliphatic rings. The van der Waals surface area contributed by atoms with Gasteiger partial charge >= 0.3 is 0 Å². The van der Waals surface area contributed by atoms with Gasteiger partial charge in [0, 0.05) is 24.3 Å². The number of hydrogen-bond acceptors (Lipinski definition) is 5. The van der Waals surface area contributed by atoms with E-state index < -0.39 is 23.8 Å². The number of halogens is 3. The molecule has 178 valence electrons. The van der Waals surface area contributed by atoms with E-state index in [1.54, 1.807) is 19.2 Å². The van der Waals surface area contributed by atoms with Crippen LogP contribution in [0.3, 0.4) is 0 Å². The minimum absolute atomic E-state index is 0.0520. The molecule has 2 fully saturated rings. The number of imidazole rings is 1. The molecule has 3 aromatic rings. The van der Waals surface area contributed by atoms with E-state index in [2.05, 4.69) is 25.9 Å². The van der Waals surface area contributed by atoms with Crippen molar-refractivity contribution in [2.75, 3.05) is 18.4 Å². The number of pyridine rings is 1. The highest BCUT2D eigenvalue weighted by molar-refractivity contribution is 5.96. The average Bonchev–Trinajstić information content (AvgIpc) is 3.49. The largest absolute Gasteiger partial charge is 0.378 e. The summed E-state index contributed by atoms with van der Waals surface area (Å²) in [4.78, 5) is 20.6. The highest BCUT2D eigenvalue weighted by atomic mass is 19.1. The van der Waals surface area contributed by atoms with Gasteiger partial charge in [0.2, 0.25) is 5.95 Å². The Morgan fingerprint density at radius 1 is 1.18 bits per heavy atom. The third-order valence-corrected chi connectivity index (χ3v) is 6.19. The van der Waals surface area contributed by atoms with Crippen LogP contribution in [0.25, 0.3) is 16.9 Å². The number of amides is 1. The maximum absolute atomic E-state index is 14.6. The van der Waals surface area contributed by atoms with Gasteiger partial charge in [-0.25, -0.2) is 18.7 Å². The summed E-state index contributed by atoms with van der Waals surface area (Å²) in [7, 11) is 0. The van der Waals surface area contributed by atoms with E-state index >= 15 is 0 Å². The van der Waals surface area contributed by atoms with E-state index in [0.717, 1.165) is 12.8 Å². The minimum Gasteiger partial charge on any atom is -0.378 e. The average molecular weight is 470 g/mol. The van der Waals surface area contributed by atoms with Crippen LogP contribution in [-0.4, -0.2) is 51.8 Å². The van der Waals surface area contributed by atoms with Crippen molar-refractivity contribution < 1.29 is 18.0 Å². The van der Waals surface area contributed by atoms with Gasteiger partial charge in [-0.3, -0.25) is 4.79 Å². The number of hydrogen-bond donors (Lipinski definition) is 3. The summed E-state index contributed by atoms with van der Waals surface area (Å²) in [6, 6.07) is 4.04. The number of aromatic nitrogens is 3. The van der Waals surface area contributed by atoms with Crippen LogP contribution in [0.4, 0.5) is 18.9 Å². The predicted octanol–water partition coefficient (Wildman–Crippen LogP) is 3.53. The predicted molar refractivity (Wildman–Crippen MR) is 122 cm³/mol. The number of carbonyl (C=O) groups excluding carboxylic acids is 1. The Bertz CT molecular complexity index is 1230. The first kappa shape index (κ1) is 22.4. The molecule has 34 heavy (non-hydrogen) atoms. The highest BCUT2D eigenvalue weighted by Gasteiger charge is 2.26. The fourth-order valence-electron chi connectivity index (χ4n) is 4.10. The number of nitrogens with one attached hydrogen (secondary N) is 3. The molecule has 1 aliphatic heterocycles. The molecule has 3 N–H and O–H groups in total. The first-order chi connectivity index (χ1) is 16.4. The zero-order chi connectivity index (χ0) is 23.8. The summed E-state index contributed by atoms with van der Waals surface area (Å²) in [6.45, 7) is 2.68. The van der Waals surface area contributed by atoms with E-state index in [-0.39, 0.29) is 29.9 Å². The molecule has 0 bridgehead atoms. The summed E-state index contributed by atoms with van der Waals surface area (Å²) in [6.07, 6.45) is 5.68. The van der Waals surface area contributed by atoms with Crippen LogP contribution in [-0.2, 0) is 0 Å². The van der Waals surface area contributed by atoms with Crippen molar-refractivity contribution in [2.45, 2.75) is 44.4 Å². The quantitative estimate of drug-likeness (QED) is 0.480. The molecule has 2 aromatic heterocycles. The Kier molecular flexibility index (Phi) is 5.99. The lowest BCUT2D eigenvalue weighted by Gasteiger charge is -2.28. The van der Waals surface area contributed by atoms with Crippen LogP contribution in [0.1, 0.15) is 35.2 Å². The van der Waals surface area contributed by atoms with Crippen molar-refractivity contribution in [3.05, 3.63) is 59.8 Å². The monoisotopic (exact) mass is 470 g/mol. The summed E-state index contributed by atoms with van der Waals surface area (Å²) < 4.78 is 44.7. The maximum Gasteiger partial charge on any atom is 0.254 e. The van der Waals surface area contributed by atoms with Crippen molar-refractivity contribution in [2.24, 2.45) is 0 Å². The second kappa shape index (κ2) is 9.09. The highest BCUT2D eigenvalue weighted by Crippen LogP contribution is 2.28. The van der Waals surface area contributed by atoms with Crippen LogP contribution in [0.5, 0.6) is 0 Å². The third-order valence-electron chi connectivity index (χ3n) is 6.19. The van der Waals surface area contributed by atoms with Gasteiger partial charge in [-0.05, 0) is 56.5 Å². The van der Waals surface area contributed by atoms with Crippen LogP contribution < -0.4 is 16.0 Å². The summed E-state index contributed by atoms with van der Waals surface area (Å²) in [5.41, 5.74) is 2.21. The lowest BCUT2D eigenvalue weighted by molar-refractivity contribution is 0.0947. The van der Waals surface area contributed by atoms with Gasteiger partial charge in [0.05, 0.1) is 29.2 Å². The molecule has 0 unspecified atom stereocenters. The minimum atomic E-state index is -1.06. The number of anilines is 1. The van der Waals surface area contributed by atoms with Crippen molar-refractivity contribution in [1.82, 2.24) is 25.2 Å². The number of benzene rings is 1. The fourth-order valence-corrected chi connectivity index (χ4v) is 4.10. The molecule has 3 heterocycles. The lowest BCUT2D eigenvalue weighted by atomic mass is 10.0. The molecular weight excluding hydrogens is 445 g/mol. The molecule has 1 aromatic carbocycles. The number of rotatable bonds is 6. The van der Waals surface area contributed by atoms with Crippen molar-refractivity contribution in [3.8, 4) is 16.9 Å². The molecular formula is C24H25F3N6O. The Labute approximate surface area is 194 Å². The van der Waals surface area contributed by atoms with Gasteiger partial charge in [-0.1, -0.05) is 0 Å². The van der Waals surface area contributed by atoms with E-state index in [1.165, 1.54) is 29.2 Å². The zero-order valence-electron chi connectivity index (χ0n) is 18.6. The summed E-state index contributed by atoms with van der Waals surface area (Å²) in [5, 5.41) is 8.88. The van der Waals surface area contributed by atoms with Gasteiger partial charge in [0.25, 0.3) is 5.91 Å². The molecule has 7 nitrogen and oxygen atoms in total. The van der Waals surface area contributed by atoms with Crippen LogP contribution in [0, 0.1) is 18.7 Å². The van der Waals surface area contributed by atoms with Gasteiger partial charge in [0.15, 0.2) is 0 Å². The molecule has 1 saturated heterocycles. The lowest BCUT2D eigenvalue weighted by Crippen LogP contribution is -2.45. The van der Waals surface area contributed by atoms with Crippen molar-refractivity contribution in [1.29, 1.82) is 0 Å². The first-order valence-corrected chi connectivity index (χ1v) is 11.3. The Morgan fingerprint density at radius 3 is 2.76 bits per heavy atom. The number of aryl methyl sites for hydroxylation is 1. The standard InChI is InChI=1S/C24H25F3N6O/c1-13-6-18(25)17(24(34)32-14-2-3-14)8-16(13)21-11-33(12-30-21)22-7-15(9-29-23(22)27)31-20-4-5-28-10-19(20)26/h6-9,11-12,14,19-20,28,31H,2-5,10H2,1H3,(H,32,34)/t19-,20+/m1/s1.